The topological polar surface area (TPSA) is 109 Å². The molecule has 2 aromatic rings. The molecule has 198 valence electrons. The van der Waals surface area contributed by atoms with Crippen molar-refractivity contribution in [3.8, 4) is 0 Å². The van der Waals surface area contributed by atoms with Crippen LogP contribution in [0.1, 0.15) is 67.9 Å². The van der Waals surface area contributed by atoms with Gasteiger partial charge in [0.15, 0.2) is 0 Å². The smallest absolute Gasteiger partial charge is 0.286 e. The van der Waals surface area contributed by atoms with Crippen LogP contribution in [0.15, 0.2) is 27.2 Å². The fraction of sp³-hybridized carbons (Fsp3) is 0.640. The Labute approximate surface area is 221 Å². The van der Waals surface area contributed by atoms with Crippen molar-refractivity contribution in [2.75, 3.05) is 26.4 Å². The maximum Gasteiger partial charge on any atom is 0.286 e. The van der Waals surface area contributed by atoms with E-state index < -0.39 is 11.7 Å². The molecular formula is C25H37N5O4S2. The van der Waals surface area contributed by atoms with Crippen molar-refractivity contribution in [2.45, 2.75) is 75.7 Å². The van der Waals surface area contributed by atoms with Gasteiger partial charge >= 0.3 is 0 Å². The Bertz CT molecular complexity index is 987. The zero-order chi connectivity index (χ0) is 26.1. The Hall–Kier alpha value is -2.24. The summed E-state index contributed by atoms with van der Waals surface area (Å²) in [7, 11) is 3.96. The van der Waals surface area contributed by atoms with E-state index in [-0.39, 0.29) is 29.9 Å². The summed E-state index contributed by atoms with van der Waals surface area (Å²) >= 11 is 2.91. The van der Waals surface area contributed by atoms with Crippen LogP contribution < -0.4 is 5.32 Å². The lowest BCUT2D eigenvalue weighted by atomic mass is 9.85. The van der Waals surface area contributed by atoms with Crippen LogP contribution in [0.2, 0.25) is 0 Å². The van der Waals surface area contributed by atoms with E-state index in [2.05, 4.69) is 15.5 Å². The predicted octanol–water partition coefficient (Wildman–Crippen LogP) is 3.86. The van der Waals surface area contributed by atoms with Gasteiger partial charge in [0.2, 0.25) is 18.1 Å². The lowest BCUT2D eigenvalue weighted by Gasteiger charge is -2.48. The van der Waals surface area contributed by atoms with Crippen molar-refractivity contribution >= 4 is 41.2 Å². The Morgan fingerprint density at radius 2 is 2.00 bits per heavy atom. The maximum atomic E-state index is 13.7. The molecule has 9 nitrogen and oxygen atoms in total. The van der Waals surface area contributed by atoms with Crippen LogP contribution in [-0.4, -0.2) is 76.2 Å². The Kier molecular flexibility index (Phi) is 10.5. The van der Waals surface area contributed by atoms with Crippen molar-refractivity contribution in [1.82, 2.24) is 25.3 Å². The number of thiophene rings is 1. The normalized spacial score (nSPS) is 16.2. The lowest BCUT2D eigenvalue weighted by molar-refractivity contribution is -0.136. The van der Waals surface area contributed by atoms with Crippen LogP contribution in [0.25, 0.3) is 0 Å². The van der Waals surface area contributed by atoms with Gasteiger partial charge in [-0.3, -0.25) is 14.4 Å². The second-order valence-corrected chi connectivity index (χ2v) is 12.0. The van der Waals surface area contributed by atoms with Crippen molar-refractivity contribution in [2.24, 2.45) is 5.92 Å². The number of aromatic nitrogens is 2. The van der Waals surface area contributed by atoms with E-state index in [0.717, 1.165) is 36.4 Å². The number of Topliss-reactive ketones (excluding diaryl/α,β-unsaturated/α-hetero) is 1. The molecule has 36 heavy (non-hydrogen) atoms. The average Bonchev–Trinajstić information content (AvgIpc) is 3.51. The summed E-state index contributed by atoms with van der Waals surface area (Å²) in [6.07, 6.45) is 5.31. The van der Waals surface area contributed by atoms with E-state index in [1.54, 1.807) is 0 Å². The molecule has 1 aliphatic carbocycles. The van der Waals surface area contributed by atoms with Crippen LogP contribution in [-0.2, 0) is 16.0 Å². The standard InChI is InChI=1S/C25H37N5O4S2/c1-18(2)15-20(22(33)23-27-28-24(34-23)36-14-12-29(3)4)30(17-31)25(10-6-5-7-11-25)26-21(32)16-19-9-8-13-35-19/h8-9,13,17-18,20H,5-7,10-12,14-16H2,1-4H3,(H,26,32). The first-order valence-electron chi connectivity index (χ1n) is 12.5. The van der Waals surface area contributed by atoms with Gasteiger partial charge in [-0.1, -0.05) is 38.1 Å². The number of amides is 2. The van der Waals surface area contributed by atoms with Crippen molar-refractivity contribution < 1.29 is 18.8 Å². The molecule has 2 heterocycles. The van der Waals surface area contributed by atoms with Gasteiger partial charge in [-0.05, 0) is 63.6 Å². The van der Waals surface area contributed by atoms with Gasteiger partial charge in [0.05, 0.1) is 6.42 Å². The SMILES string of the molecule is CC(C)CC(C(=O)c1nnc(SCCN(C)C)o1)N(C=O)C1(NC(=O)Cc2cccs2)CCCCC1. The monoisotopic (exact) mass is 535 g/mol. The van der Waals surface area contributed by atoms with E-state index in [0.29, 0.717) is 30.9 Å². The molecule has 0 aromatic carbocycles. The number of nitrogens with one attached hydrogen (secondary N) is 1. The maximum absolute atomic E-state index is 13.7. The number of hydrogen-bond donors (Lipinski definition) is 1. The van der Waals surface area contributed by atoms with E-state index in [1.165, 1.54) is 28.0 Å². The van der Waals surface area contributed by atoms with E-state index in [1.807, 2.05) is 50.4 Å². The summed E-state index contributed by atoms with van der Waals surface area (Å²) in [6, 6.07) is 3.02. The van der Waals surface area contributed by atoms with E-state index >= 15 is 0 Å². The number of carbonyl (C=O) groups is 3. The molecule has 0 radical (unpaired) electrons. The molecule has 2 amide bonds. The summed E-state index contributed by atoms with van der Waals surface area (Å²) in [5, 5.41) is 13.5. The molecule has 1 aliphatic rings. The van der Waals surface area contributed by atoms with Gasteiger partial charge in [0.1, 0.15) is 11.7 Å². The number of carbonyl (C=O) groups excluding carboxylic acids is 3. The molecule has 3 rings (SSSR count). The number of thioether (sulfide) groups is 1. The molecule has 1 saturated carbocycles. The van der Waals surface area contributed by atoms with Crippen molar-refractivity contribution in [1.29, 1.82) is 0 Å². The molecule has 1 unspecified atom stereocenters. The minimum absolute atomic E-state index is 0.101. The minimum atomic E-state index is -0.924. The van der Waals surface area contributed by atoms with Crippen LogP contribution in [0.5, 0.6) is 0 Å². The van der Waals surface area contributed by atoms with Gasteiger partial charge in [-0.25, -0.2) is 0 Å². The lowest BCUT2D eigenvalue weighted by Crippen LogP contribution is -2.65. The predicted molar refractivity (Wildman–Crippen MR) is 141 cm³/mol. The highest BCUT2D eigenvalue weighted by Gasteiger charge is 2.45. The number of hydrogen-bond acceptors (Lipinski definition) is 9. The first kappa shape index (κ1) is 28.3. The highest BCUT2D eigenvalue weighted by atomic mass is 32.2. The molecule has 1 fully saturated rings. The minimum Gasteiger partial charge on any atom is -0.408 e. The second kappa shape index (κ2) is 13.3. The van der Waals surface area contributed by atoms with Crippen molar-refractivity contribution in [3.05, 3.63) is 28.3 Å². The molecule has 1 atom stereocenters. The van der Waals surface area contributed by atoms with Gasteiger partial charge in [0.25, 0.3) is 11.1 Å². The summed E-state index contributed by atoms with van der Waals surface area (Å²) in [4.78, 5) is 43.9. The molecule has 11 heteroatoms. The first-order valence-corrected chi connectivity index (χ1v) is 14.3. The third-order valence-corrected chi connectivity index (χ3v) is 7.96. The fourth-order valence-electron chi connectivity index (χ4n) is 4.55. The summed E-state index contributed by atoms with van der Waals surface area (Å²) in [5.41, 5.74) is -0.924. The molecule has 0 aliphatic heterocycles. The summed E-state index contributed by atoms with van der Waals surface area (Å²) in [6.45, 7) is 4.84. The Morgan fingerprint density at radius 3 is 2.61 bits per heavy atom. The highest BCUT2D eigenvalue weighted by Crippen LogP contribution is 2.34. The second-order valence-electron chi connectivity index (χ2n) is 9.94. The molecule has 0 spiro atoms. The summed E-state index contributed by atoms with van der Waals surface area (Å²) < 4.78 is 5.70. The van der Waals surface area contributed by atoms with Gasteiger partial charge < -0.3 is 19.5 Å². The van der Waals surface area contributed by atoms with Crippen LogP contribution in [0.3, 0.4) is 0 Å². The molecule has 0 saturated heterocycles. The molecule has 2 aromatic heterocycles. The van der Waals surface area contributed by atoms with Gasteiger partial charge in [-0.2, -0.15) is 0 Å². The van der Waals surface area contributed by atoms with Crippen molar-refractivity contribution in [3.63, 3.8) is 0 Å². The third-order valence-electron chi connectivity index (χ3n) is 6.29. The first-order chi connectivity index (χ1) is 17.2. The van der Waals surface area contributed by atoms with E-state index in [4.69, 9.17) is 4.42 Å². The third kappa shape index (κ3) is 7.63. The zero-order valence-corrected chi connectivity index (χ0v) is 23.2. The van der Waals surface area contributed by atoms with Gasteiger partial charge in [-0.15, -0.1) is 21.5 Å². The van der Waals surface area contributed by atoms with E-state index in [9.17, 15) is 14.4 Å². The number of ketones is 1. The van der Waals surface area contributed by atoms with Crippen LogP contribution in [0.4, 0.5) is 0 Å². The molecular weight excluding hydrogens is 498 g/mol. The fourth-order valence-corrected chi connectivity index (χ4v) is 6.12. The zero-order valence-electron chi connectivity index (χ0n) is 21.6. The number of nitrogens with zero attached hydrogens (tertiary/aromatic N) is 4. The average molecular weight is 536 g/mol. The largest absolute Gasteiger partial charge is 0.408 e. The Balaban J connectivity index is 1.84. The Morgan fingerprint density at radius 1 is 1.25 bits per heavy atom. The quantitative estimate of drug-likeness (QED) is 0.168. The molecule has 1 N–H and O–H groups in total. The van der Waals surface area contributed by atoms with Gasteiger partial charge in [0, 0.05) is 17.2 Å². The summed E-state index contributed by atoms with van der Waals surface area (Å²) in [5.74, 6) is 0.230. The van der Waals surface area contributed by atoms with Crippen LogP contribution >= 0.6 is 23.1 Å². The number of rotatable bonds is 14. The highest BCUT2D eigenvalue weighted by molar-refractivity contribution is 7.99. The molecule has 0 bridgehead atoms. The van der Waals surface area contributed by atoms with Crippen LogP contribution in [0, 0.1) is 5.92 Å².